The van der Waals surface area contributed by atoms with E-state index in [1.807, 2.05) is 0 Å². The van der Waals surface area contributed by atoms with Crippen molar-refractivity contribution >= 4 is 243 Å². The third kappa shape index (κ3) is 97.8. The molecule has 0 aromatic carbocycles. The van der Waals surface area contributed by atoms with Crippen LogP contribution >= 0.6 is 0 Å². The summed E-state index contributed by atoms with van der Waals surface area (Å²) in [6.45, 7) is 0. The first-order valence-corrected chi connectivity index (χ1v) is 5.30. The summed E-state index contributed by atoms with van der Waals surface area (Å²) in [6, 6.07) is 0. The standard InChI is InChI=1S/3C4H4O4.7Na.7H/c3*5-3(6)1-2-4(7)8;;;;;;;;;;;;;;/h3*1-2H,(H,5,6)(H,7,8);;;;;;;;;;;;;;/b3*2-1-;;;;;;;;;;;;;;. The molecule has 146 valence electrons. The second-order valence-electron chi connectivity index (χ2n) is 3.03. The van der Waals surface area contributed by atoms with Gasteiger partial charge in [-0.3, -0.25) is 0 Å². The van der Waals surface area contributed by atoms with E-state index in [-0.39, 0.29) is 207 Å². The van der Waals surface area contributed by atoms with Crippen molar-refractivity contribution in [3.8, 4) is 0 Å². The molecule has 0 aliphatic carbocycles. The van der Waals surface area contributed by atoms with Gasteiger partial charge in [-0.05, 0) is 0 Å². The Kier molecular flexibility index (Phi) is 96.2. The van der Waals surface area contributed by atoms with Crippen LogP contribution in [0.4, 0.5) is 0 Å². The van der Waals surface area contributed by atoms with Gasteiger partial charge in [0.25, 0.3) is 0 Å². The third-order valence-electron chi connectivity index (χ3n) is 1.11. The molecule has 0 saturated heterocycles. The van der Waals surface area contributed by atoms with Gasteiger partial charge in [-0.15, -0.1) is 0 Å². The minimum atomic E-state index is -1.26. The second kappa shape index (κ2) is 46.4. The first-order chi connectivity index (χ1) is 10.9. The van der Waals surface area contributed by atoms with Crippen molar-refractivity contribution in [2.24, 2.45) is 0 Å². The fourth-order valence-electron chi connectivity index (χ4n) is 0.428. The molecular weight excluding hydrogens is 497 g/mol. The molecule has 0 aromatic heterocycles. The SMILES string of the molecule is O=C(O)/C=C\C(=O)O.O=C(O)/C=C\C(=O)O.O=C(O)/C=C\C(=O)O.[NaH].[NaH].[NaH].[NaH].[NaH].[NaH].[NaH]. The quantitative estimate of drug-likeness (QED) is 0.144. The van der Waals surface area contributed by atoms with Crippen LogP contribution in [0.5, 0.6) is 0 Å². The molecule has 0 bridgehead atoms. The van der Waals surface area contributed by atoms with Crippen molar-refractivity contribution in [3.63, 3.8) is 0 Å². The van der Waals surface area contributed by atoms with Crippen molar-refractivity contribution in [3.05, 3.63) is 36.5 Å². The molecule has 6 N–H and O–H groups in total. The monoisotopic (exact) mass is 516 g/mol. The number of carboxylic acids is 6. The first kappa shape index (κ1) is 64.3. The Morgan fingerprint density at radius 1 is 0.290 bits per heavy atom. The summed E-state index contributed by atoms with van der Waals surface area (Å²) in [5, 5.41) is 46.9. The molecule has 0 aromatic rings. The maximum atomic E-state index is 9.55. The summed E-state index contributed by atoms with van der Waals surface area (Å²) in [6.07, 6.45) is 3.35. The van der Waals surface area contributed by atoms with Gasteiger partial charge in [-0.2, -0.15) is 0 Å². The summed E-state index contributed by atoms with van der Waals surface area (Å²) in [7, 11) is 0. The summed E-state index contributed by atoms with van der Waals surface area (Å²) < 4.78 is 0. The predicted molar refractivity (Wildman–Crippen MR) is 123 cm³/mol. The van der Waals surface area contributed by atoms with Gasteiger partial charge in [0.2, 0.25) is 0 Å². The van der Waals surface area contributed by atoms with Crippen molar-refractivity contribution in [2.75, 3.05) is 0 Å². The molecule has 0 saturated carbocycles. The zero-order chi connectivity index (χ0) is 19.7. The Bertz CT molecular complexity index is 462. The van der Waals surface area contributed by atoms with Crippen molar-refractivity contribution in [1.29, 1.82) is 0 Å². The Morgan fingerprint density at radius 2 is 0.355 bits per heavy atom. The Labute approximate surface area is 331 Å². The molecule has 0 rings (SSSR count). The summed E-state index contributed by atoms with van der Waals surface area (Å²) >= 11 is 0. The molecule has 31 heavy (non-hydrogen) atoms. The molecule has 0 heterocycles. The van der Waals surface area contributed by atoms with Crippen molar-refractivity contribution < 1.29 is 59.4 Å². The van der Waals surface area contributed by atoms with Crippen LogP contribution in [0.2, 0.25) is 0 Å². The van der Waals surface area contributed by atoms with Crippen LogP contribution in [0.25, 0.3) is 0 Å². The molecule has 19 heteroatoms. The summed E-state index contributed by atoms with van der Waals surface area (Å²) in [5.74, 6) is -7.54. The molecule has 0 atom stereocenters. The molecule has 0 radical (unpaired) electrons. The van der Waals surface area contributed by atoms with Crippen LogP contribution in [0, 0.1) is 0 Å². The normalized spacial score (nSPS) is 7.35. The van der Waals surface area contributed by atoms with E-state index >= 15 is 0 Å². The van der Waals surface area contributed by atoms with E-state index < -0.39 is 35.8 Å². The zero-order valence-electron chi connectivity index (χ0n) is 11.6. The number of hydrogen-bond acceptors (Lipinski definition) is 6. The van der Waals surface area contributed by atoms with Gasteiger partial charge in [0.1, 0.15) is 0 Å². The molecule has 0 aliphatic heterocycles. The Balaban J connectivity index is -0.0000000240. The first-order valence-electron chi connectivity index (χ1n) is 5.30. The Morgan fingerprint density at radius 3 is 0.387 bits per heavy atom. The minimum absolute atomic E-state index is 0. The second-order valence-corrected chi connectivity index (χ2v) is 3.03. The van der Waals surface area contributed by atoms with E-state index in [1.54, 1.807) is 0 Å². The van der Waals surface area contributed by atoms with Crippen LogP contribution in [-0.2, 0) is 28.8 Å². The topological polar surface area (TPSA) is 224 Å². The molecule has 0 unspecified atom stereocenters. The van der Waals surface area contributed by atoms with E-state index in [0.29, 0.717) is 36.5 Å². The molecule has 0 aliphatic rings. The van der Waals surface area contributed by atoms with E-state index in [4.69, 9.17) is 30.6 Å². The Hall–Kier alpha value is 3.04. The number of hydrogen-bond donors (Lipinski definition) is 6. The van der Waals surface area contributed by atoms with Crippen molar-refractivity contribution in [2.45, 2.75) is 0 Å². The summed E-state index contributed by atoms with van der Waals surface area (Å²) in [4.78, 5) is 57.3. The molecular formula is C12H19Na7O12. The van der Waals surface area contributed by atoms with Gasteiger partial charge in [0.05, 0.1) is 0 Å². The number of carbonyl (C=O) groups is 6. The number of rotatable bonds is 6. The van der Waals surface area contributed by atoms with E-state index in [1.165, 1.54) is 0 Å². The molecule has 0 fully saturated rings. The van der Waals surface area contributed by atoms with E-state index in [2.05, 4.69) is 0 Å². The summed E-state index contributed by atoms with van der Waals surface area (Å²) in [5.41, 5.74) is 0. The van der Waals surface area contributed by atoms with Gasteiger partial charge >= 0.3 is 243 Å². The van der Waals surface area contributed by atoms with Gasteiger partial charge in [0, 0.05) is 36.5 Å². The zero-order valence-corrected chi connectivity index (χ0v) is 11.6. The fourth-order valence-corrected chi connectivity index (χ4v) is 0.428. The molecule has 0 amide bonds. The maximum absolute atomic E-state index is 9.55. The van der Waals surface area contributed by atoms with Gasteiger partial charge in [-0.25, -0.2) is 28.8 Å². The van der Waals surface area contributed by atoms with Crippen LogP contribution in [0.3, 0.4) is 0 Å². The average molecular weight is 516 g/mol. The average Bonchev–Trinajstić information content (AvgIpc) is 2.42. The van der Waals surface area contributed by atoms with Gasteiger partial charge < -0.3 is 30.6 Å². The van der Waals surface area contributed by atoms with Crippen LogP contribution in [0.15, 0.2) is 36.5 Å². The van der Waals surface area contributed by atoms with Crippen LogP contribution in [-0.4, -0.2) is 273 Å². The third-order valence-corrected chi connectivity index (χ3v) is 1.11. The molecule has 12 nitrogen and oxygen atoms in total. The van der Waals surface area contributed by atoms with Crippen LogP contribution in [0.1, 0.15) is 0 Å². The van der Waals surface area contributed by atoms with Crippen LogP contribution < -0.4 is 0 Å². The van der Waals surface area contributed by atoms with E-state index in [9.17, 15) is 28.8 Å². The molecule has 0 spiro atoms. The van der Waals surface area contributed by atoms with E-state index in [0.717, 1.165) is 0 Å². The number of aliphatic carboxylic acids is 6. The number of carboxylic acid groups (broad SMARTS) is 6. The fraction of sp³-hybridized carbons (Fsp3) is 0. The van der Waals surface area contributed by atoms with Gasteiger partial charge in [0.15, 0.2) is 0 Å². The van der Waals surface area contributed by atoms with Crippen molar-refractivity contribution in [1.82, 2.24) is 0 Å². The predicted octanol–water partition coefficient (Wildman–Crippen LogP) is -5.40. The van der Waals surface area contributed by atoms with Gasteiger partial charge in [-0.1, -0.05) is 0 Å².